The highest BCUT2D eigenvalue weighted by Crippen LogP contribution is 2.27. The summed E-state index contributed by atoms with van der Waals surface area (Å²) in [4.78, 5) is 23.6. The monoisotopic (exact) mass is 472 g/mol. The SMILES string of the molecule is CC.CC.CC.O=CNCCOC(Cc1cc(F)cc(C=O)c1)c1ccc(N2C=CCC2)cc1. The number of amides is 1. The highest BCUT2D eigenvalue weighted by molar-refractivity contribution is 5.75. The van der Waals surface area contributed by atoms with Gasteiger partial charge in [-0.05, 0) is 47.9 Å². The van der Waals surface area contributed by atoms with E-state index in [1.165, 1.54) is 12.1 Å². The highest BCUT2D eigenvalue weighted by atomic mass is 19.1. The zero-order valence-electron chi connectivity index (χ0n) is 21.5. The van der Waals surface area contributed by atoms with E-state index >= 15 is 0 Å². The molecule has 0 radical (unpaired) electrons. The van der Waals surface area contributed by atoms with Crippen molar-refractivity contribution < 1.29 is 18.7 Å². The molecule has 0 aliphatic carbocycles. The van der Waals surface area contributed by atoms with Gasteiger partial charge in [-0.15, -0.1) is 0 Å². The molecule has 2 aromatic rings. The fraction of sp³-hybridized carbons (Fsp3) is 0.429. The summed E-state index contributed by atoms with van der Waals surface area (Å²) in [7, 11) is 0. The van der Waals surface area contributed by atoms with E-state index in [1.807, 2.05) is 65.8 Å². The number of carbonyl (C=O) groups excluding carboxylic acids is 2. The van der Waals surface area contributed by atoms with E-state index in [0.717, 1.165) is 24.2 Å². The smallest absolute Gasteiger partial charge is 0.207 e. The highest BCUT2D eigenvalue weighted by Gasteiger charge is 2.15. The Bertz CT molecular complexity index is 838. The van der Waals surface area contributed by atoms with Crippen LogP contribution in [0.3, 0.4) is 0 Å². The molecule has 0 aromatic heterocycles. The lowest BCUT2D eigenvalue weighted by Crippen LogP contribution is -2.20. The summed E-state index contributed by atoms with van der Waals surface area (Å²) in [6, 6.07) is 12.4. The molecule has 0 bridgehead atoms. The predicted octanol–water partition coefficient (Wildman–Crippen LogP) is 6.49. The first-order valence-electron chi connectivity index (χ1n) is 12.3. The number of ether oxygens (including phenoxy) is 1. The van der Waals surface area contributed by atoms with Crippen molar-refractivity contribution in [2.24, 2.45) is 0 Å². The van der Waals surface area contributed by atoms with E-state index in [2.05, 4.69) is 22.5 Å². The van der Waals surface area contributed by atoms with Gasteiger partial charge in [0.2, 0.25) is 6.41 Å². The maximum Gasteiger partial charge on any atom is 0.207 e. The number of carbonyl (C=O) groups is 2. The van der Waals surface area contributed by atoms with Crippen LogP contribution in [0.15, 0.2) is 54.7 Å². The quantitative estimate of drug-likeness (QED) is 0.317. The van der Waals surface area contributed by atoms with Gasteiger partial charge in [0.05, 0.1) is 12.7 Å². The summed E-state index contributed by atoms with van der Waals surface area (Å²) in [6.45, 7) is 13.7. The molecule has 1 N–H and O–H groups in total. The molecule has 1 heterocycles. The molecule has 0 fully saturated rings. The lowest BCUT2D eigenvalue weighted by molar-refractivity contribution is -0.109. The van der Waals surface area contributed by atoms with Crippen molar-refractivity contribution in [3.63, 3.8) is 0 Å². The van der Waals surface area contributed by atoms with Crippen molar-refractivity contribution in [3.05, 3.63) is 77.2 Å². The first kappa shape index (κ1) is 31.0. The average molecular weight is 473 g/mol. The number of aldehydes is 1. The predicted molar refractivity (Wildman–Crippen MR) is 140 cm³/mol. The van der Waals surface area contributed by atoms with Gasteiger partial charge >= 0.3 is 0 Å². The molecule has 5 nitrogen and oxygen atoms in total. The zero-order chi connectivity index (χ0) is 25.8. The minimum Gasteiger partial charge on any atom is -0.371 e. The number of nitrogens with zero attached hydrogens (tertiary/aromatic N) is 1. The first-order valence-corrected chi connectivity index (χ1v) is 12.3. The van der Waals surface area contributed by atoms with Gasteiger partial charge in [0.15, 0.2) is 0 Å². The lowest BCUT2D eigenvalue weighted by atomic mass is 9.99. The Morgan fingerprint density at radius 2 is 1.71 bits per heavy atom. The number of hydrogen-bond acceptors (Lipinski definition) is 4. The van der Waals surface area contributed by atoms with Gasteiger partial charge < -0.3 is 15.0 Å². The fourth-order valence-corrected chi connectivity index (χ4v) is 3.25. The van der Waals surface area contributed by atoms with Crippen molar-refractivity contribution in [2.45, 2.75) is 60.5 Å². The van der Waals surface area contributed by atoms with Gasteiger partial charge in [-0.3, -0.25) is 9.59 Å². The second kappa shape index (κ2) is 19.5. The van der Waals surface area contributed by atoms with Crippen molar-refractivity contribution in [3.8, 4) is 0 Å². The fourth-order valence-electron chi connectivity index (χ4n) is 3.25. The van der Waals surface area contributed by atoms with Crippen molar-refractivity contribution in [1.82, 2.24) is 5.32 Å². The van der Waals surface area contributed by atoms with Crippen molar-refractivity contribution >= 4 is 18.4 Å². The Balaban J connectivity index is 0.00000168. The van der Waals surface area contributed by atoms with Crippen LogP contribution in [0.2, 0.25) is 0 Å². The van der Waals surface area contributed by atoms with Crippen LogP contribution in [-0.2, 0) is 16.0 Å². The number of hydrogen-bond donors (Lipinski definition) is 1. The third-order valence-corrected chi connectivity index (χ3v) is 4.60. The minimum absolute atomic E-state index is 0.299. The van der Waals surface area contributed by atoms with E-state index in [4.69, 9.17) is 4.74 Å². The molecule has 34 heavy (non-hydrogen) atoms. The van der Waals surface area contributed by atoms with E-state index in [0.29, 0.717) is 43.4 Å². The van der Waals surface area contributed by atoms with Gasteiger partial charge in [-0.25, -0.2) is 4.39 Å². The maximum absolute atomic E-state index is 13.8. The second-order valence-electron chi connectivity index (χ2n) is 6.60. The van der Waals surface area contributed by atoms with Gasteiger partial charge in [-0.1, -0.05) is 59.8 Å². The largest absolute Gasteiger partial charge is 0.371 e. The lowest BCUT2D eigenvalue weighted by Gasteiger charge is -2.21. The van der Waals surface area contributed by atoms with Gasteiger partial charge in [-0.2, -0.15) is 0 Å². The molecule has 1 aliphatic rings. The number of halogens is 1. The van der Waals surface area contributed by atoms with Crippen LogP contribution in [-0.4, -0.2) is 32.4 Å². The molecule has 188 valence electrons. The molecular weight excluding hydrogens is 431 g/mol. The molecule has 0 saturated heterocycles. The van der Waals surface area contributed by atoms with Crippen LogP contribution in [0.25, 0.3) is 0 Å². The molecule has 0 spiro atoms. The van der Waals surface area contributed by atoms with E-state index in [1.54, 1.807) is 6.07 Å². The number of nitrogens with one attached hydrogen (secondary N) is 1. The van der Waals surface area contributed by atoms with Crippen LogP contribution >= 0.6 is 0 Å². The van der Waals surface area contributed by atoms with Crippen molar-refractivity contribution in [2.75, 3.05) is 24.6 Å². The number of anilines is 1. The third kappa shape index (κ3) is 10.8. The Labute approximate surface area is 205 Å². The molecule has 1 atom stereocenters. The summed E-state index contributed by atoms with van der Waals surface area (Å²) in [5.41, 5.74) is 3.04. The maximum atomic E-state index is 13.8. The van der Waals surface area contributed by atoms with Crippen LogP contribution in [0.5, 0.6) is 0 Å². The Kier molecular flexibility index (Phi) is 17.8. The molecule has 1 unspecified atom stereocenters. The normalized spacial score (nSPS) is 12.1. The summed E-state index contributed by atoms with van der Waals surface area (Å²) in [6.07, 6.45) is 6.60. The summed E-state index contributed by atoms with van der Waals surface area (Å²) < 4.78 is 19.7. The van der Waals surface area contributed by atoms with E-state index in [-0.39, 0.29) is 6.10 Å². The minimum atomic E-state index is -0.447. The third-order valence-electron chi connectivity index (χ3n) is 4.60. The number of rotatable bonds is 10. The van der Waals surface area contributed by atoms with Gasteiger partial charge in [0, 0.05) is 37.0 Å². The van der Waals surface area contributed by atoms with Gasteiger partial charge in [0.1, 0.15) is 12.1 Å². The molecular formula is C28H41FN2O3. The molecule has 6 heteroatoms. The molecule has 1 aliphatic heterocycles. The summed E-state index contributed by atoms with van der Waals surface area (Å²) in [5, 5.41) is 2.57. The molecule has 3 rings (SSSR count). The first-order chi connectivity index (χ1) is 16.7. The molecule has 0 saturated carbocycles. The standard InChI is InChI=1S/C22H23FN2O3.3C2H6/c23-20-12-17(11-18(13-20)15-26)14-22(28-10-7-24-16-27)19-3-5-21(6-4-19)25-8-1-2-9-25;3*1-2/h1,3-6,8,11-13,15-16,22H,2,7,9-10,14H2,(H,24,27);3*1-2H3. The Morgan fingerprint density at radius 3 is 2.26 bits per heavy atom. The Morgan fingerprint density at radius 1 is 1.03 bits per heavy atom. The van der Waals surface area contributed by atoms with Crippen LogP contribution in [0, 0.1) is 5.82 Å². The second-order valence-corrected chi connectivity index (χ2v) is 6.60. The van der Waals surface area contributed by atoms with Crippen molar-refractivity contribution in [1.29, 1.82) is 0 Å². The Hall–Kier alpha value is -2.99. The molecule has 1 amide bonds. The zero-order valence-corrected chi connectivity index (χ0v) is 21.5. The van der Waals surface area contributed by atoms with Crippen LogP contribution in [0.4, 0.5) is 10.1 Å². The topological polar surface area (TPSA) is 58.6 Å². The van der Waals surface area contributed by atoms with E-state index < -0.39 is 5.82 Å². The van der Waals surface area contributed by atoms with Crippen LogP contribution < -0.4 is 10.2 Å². The van der Waals surface area contributed by atoms with E-state index in [9.17, 15) is 14.0 Å². The average Bonchev–Trinajstić information content (AvgIpc) is 3.44. The number of benzene rings is 2. The molecule has 2 aromatic carbocycles. The summed E-state index contributed by atoms with van der Waals surface area (Å²) >= 11 is 0. The van der Waals surface area contributed by atoms with Gasteiger partial charge in [0.25, 0.3) is 0 Å². The summed E-state index contributed by atoms with van der Waals surface area (Å²) in [5.74, 6) is -0.447. The van der Waals surface area contributed by atoms with Crippen LogP contribution in [0.1, 0.15) is 75.6 Å².